The molecule has 1 saturated heterocycles. The quantitative estimate of drug-likeness (QED) is 0.223. The number of hydrogen-bond acceptors (Lipinski definition) is 6. The summed E-state index contributed by atoms with van der Waals surface area (Å²) in [5.41, 5.74) is 5.37. The lowest BCUT2D eigenvalue weighted by molar-refractivity contribution is -0.193. The van der Waals surface area contributed by atoms with Gasteiger partial charge in [-0.1, -0.05) is 42.5 Å². The number of aliphatic carboxylic acids is 2. The van der Waals surface area contributed by atoms with E-state index in [2.05, 4.69) is 64.9 Å². The van der Waals surface area contributed by atoms with Crippen LogP contribution >= 0.6 is 0 Å². The van der Waals surface area contributed by atoms with Gasteiger partial charge in [-0.25, -0.2) is 9.59 Å². The highest BCUT2D eigenvalue weighted by Crippen LogP contribution is 2.23. The van der Waals surface area contributed by atoms with Crippen LogP contribution in [0.1, 0.15) is 35.3 Å². The molecule has 47 heavy (non-hydrogen) atoms. The molecular formula is C32H35F6N3O6. The Kier molecular flexibility index (Phi) is 14.7. The van der Waals surface area contributed by atoms with E-state index in [1.54, 1.807) is 12.1 Å². The molecule has 0 aromatic heterocycles. The topological polar surface area (TPSA) is 128 Å². The number of carboxylic acids is 2. The summed E-state index contributed by atoms with van der Waals surface area (Å²) >= 11 is 0. The number of nitrogens with one attached hydrogen (secondary N) is 2. The number of halogens is 6. The number of carboxylic acid groups (broad SMARTS) is 2. The Bertz CT molecular complexity index is 1460. The molecule has 0 radical (unpaired) electrons. The molecule has 4 N–H and O–H groups in total. The highest BCUT2D eigenvalue weighted by Gasteiger charge is 2.38. The summed E-state index contributed by atoms with van der Waals surface area (Å²) in [6.07, 6.45) is -10.2. The highest BCUT2D eigenvalue weighted by atomic mass is 19.4. The van der Waals surface area contributed by atoms with Crippen molar-refractivity contribution in [2.24, 2.45) is 0 Å². The first kappa shape index (κ1) is 38.6. The second-order valence-corrected chi connectivity index (χ2v) is 10.2. The van der Waals surface area contributed by atoms with E-state index in [4.69, 9.17) is 24.5 Å². The molecule has 0 aliphatic carbocycles. The summed E-state index contributed by atoms with van der Waals surface area (Å²) < 4.78 is 69.0. The molecule has 1 aliphatic heterocycles. The Morgan fingerprint density at radius 2 is 1.40 bits per heavy atom. The maximum absolute atomic E-state index is 12.6. The summed E-state index contributed by atoms with van der Waals surface area (Å²) in [5, 5.41) is 20.8. The van der Waals surface area contributed by atoms with Gasteiger partial charge in [0.05, 0.1) is 6.61 Å². The average molecular weight is 672 g/mol. The van der Waals surface area contributed by atoms with E-state index in [1.165, 1.54) is 11.1 Å². The summed E-state index contributed by atoms with van der Waals surface area (Å²) in [6, 6.07) is 25.0. The Morgan fingerprint density at radius 3 is 1.94 bits per heavy atom. The molecule has 0 saturated carbocycles. The molecule has 256 valence electrons. The van der Waals surface area contributed by atoms with Gasteiger partial charge in [0.1, 0.15) is 5.75 Å². The van der Waals surface area contributed by atoms with Crippen molar-refractivity contribution in [2.75, 3.05) is 26.2 Å². The minimum atomic E-state index is -5.08. The van der Waals surface area contributed by atoms with Gasteiger partial charge in [0, 0.05) is 44.3 Å². The van der Waals surface area contributed by atoms with E-state index >= 15 is 0 Å². The zero-order chi connectivity index (χ0) is 35.2. The summed E-state index contributed by atoms with van der Waals surface area (Å²) in [7, 11) is 0. The fraction of sp³-hybridized carbons (Fsp3) is 0.344. The van der Waals surface area contributed by atoms with Crippen LogP contribution < -0.4 is 15.4 Å². The number of carbonyl (C=O) groups is 3. The number of ether oxygens (including phenoxy) is 1. The van der Waals surface area contributed by atoms with Gasteiger partial charge in [-0.2, -0.15) is 26.3 Å². The normalized spacial score (nSPS) is 14.9. The van der Waals surface area contributed by atoms with Crippen molar-refractivity contribution in [3.05, 3.63) is 89.5 Å². The SMILES string of the molecule is CCOc1cccc(C(=O)NCc2cccc(-c3cccc(CN4CCNC(C)C4)c3)c2)c1.O=C(O)C(F)(F)F.O=C(O)C(F)(F)F. The van der Waals surface area contributed by atoms with Crippen LogP contribution in [0.3, 0.4) is 0 Å². The van der Waals surface area contributed by atoms with Gasteiger partial charge >= 0.3 is 24.3 Å². The maximum atomic E-state index is 12.6. The first-order valence-electron chi connectivity index (χ1n) is 14.2. The fourth-order valence-electron chi connectivity index (χ4n) is 4.30. The molecule has 1 fully saturated rings. The Hall–Kier alpha value is -4.63. The third-order valence-electron chi connectivity index (χ3n) is 6.39. The first-order chi connectivity index (χ1) is 22.0. The maximum Gasteiger partial charge on any atom is 0.490 e. The molecule has 3 aromatic rings. The number of amides is 1. The minimum Gasteiger partial charge on any atom is -0.494 e. The van der Waals surface area contributed by atoms with Crippen LogP contribution in [0.25, 0.3) is 11.1 Å². The lowest BCUT2D eigenvalue weighted by atomic mass is 10.0. The van der Waals surface area contributed by atoms with Gasteiger partial charge in [0.25, 0.3) is 5.91 Å². The molecule has 15 heteroatoms. The van der Waals surface area contributed by atoms with Crippen LogP contribution in [0.15, 0.2) is 72.8 Å². The van der Waals surface area contributed by atoms with Crippen molar-refractivity contribution in [3.63, 3.8) is 0 Å². The van der Waals surface area contributed by atoms with E-state index in [0.717, 1.165) is 37.3 Å². The highest BCUT2D eigenvalue weighted by molar-refractivity contribution is 5.94. The summed E-state index contributed by atoms with van der Waals surface area (Å²) in [5.74, 6) is -4.91. The average Bonchev–Trinajstić information content (AvgIpc) is 3.00. The van der Waals surface area contributed by atoms with Gasteiger partial charge in [-0.05, 0) is 66.4 Å². The zero-order valence-corrected chi connectivity index (χ0v) is 25.5. The molecule has 1 aliphatic rings. The Morgan fingerprint density at radius 1 is 0.872 bits per heavy atom. The predicted octanol–water partition coefficient (Wildman–Crippen LogP) is 5.74. The van der Waals surface area contributed by atoms with E-state index in [1.807, 2.05) is 25.1 Å². The number of nitrogens with zero attached hydrogens (tertiary/aromatic N) is 1. The van der Waals surface area contributed by atoms with Crippen molar-refractivity contribution in [2.45, 2.75) is 45.3 Å². The second kappa shape index (κ2) is 17.9. The van der Waals surface area contributed by atoms with Crippen molar-refractivity contribution in [1.82, 2.24) is 15.5 Å². The summed E-state index contributed by atoms with van der Waals surface area (Å²) in [4.78, 5) is 32.9. The molecule has 9 nitrogen and oxygen atoms in total. The lowest BCUT2D eigenvalue weighted by Crippen LogP contribution is -2.48. The van der Waals surface area contributed by atoms with Gasteiger partial charge in [0.15, 0.2) is 0 Å². The second-order valence-electron chi connectivity index (χ2n) is 10.2. The number of alkyl halides is 6. The van der Waals surface area contributed by atoms with E-state index in [-0.39, 0.29) is 5.91 Å². The Labute approximate surface area is 267 Å². The third kappa shape index (κ3) is 14.1. The largest absolute Gasteiger partial charge is 0.494 e. The monoisotopic (exact) mass is 671 g/mol. The van der Waals surface area contributed by atoms with Gasteiger partial charge in [-0.3, -0.25) is 9.69 Å². The van der Waals surface area contributed by atoms with Gasteiger partial charge in [-0.15, -0.1) is 0 Å². The van der Waals surface area contributed by atoms with Crippen molar-refractivity contribution < 1.29 is 55.7 Å². The third-order valence-corrected chi connectivity index (χ3v) is 6.39. The van der Waals surface area contributed by atoms with Crippen molar-refractivity contribution in [3.8, 4) is 16.9 Å². The molecule has 1 amide bonds. The molecule has 1 heterocycles. The van der Waals surface area contributed by atoms with Gasteiger partial charge in [0.2, 0.25) is 0 Å². The van der Waals surface area contributed by atoms with Crippen LogP contribution in [0.4, 0.5) is 26.3 Å². The first-order valence-corrected chi connectivity index (χ1v) is 14.2. The van der Waals surface area contributed by atoms with Crippen LogP contribution in [0, 0.1) is 0 Å². The molecule has 3 aromatic carbocycles. The van der Waals surface area contributed by atoms with Gasteiger partial charge < -0.3 is 25.6 Å². The standard InChI is InChI=1S/C28H33N3O2.2C2HF3O2/c1-3-33-27-12-6-11-26(17-27)28(32)30-18-22-7-4-9-24(15-22)25-10-5-8-23(16-25)20-31-14-13-29-21(2)19-31;2*3-2(4,5)1(6)7/h4-12,15-17,21,29H,3,13-14,18-20H2,1-2H3,(H,30,32);2*(H,6,7). The van der Waals surface area contributed by atoms with Crippen molar-refractivity contribution >= 4 is 17.8 Å². The molecule has 0 bridgehead atoms. The Balaban J connectivity index is 0.000000459. The number of benzene rings is 3. The lowest BCUT2D eigenvalue weighted by Gasteiger charge is -2.31. The fourth-order valence-corrected chi connectivity index (χ4v) is 4.30. The molecule has 1 atom stereocenters. The number of hydrogen-bond donors (Lipinski definition) is 4. The van der Waals surface area contributed by atoms with Crippen molar-refractivity contribution in [1.29, 1.82) is 0 Å². The molecule has 1 unspecified atom stereocenters. The van der Waals surface area contributed by atoms with Crippen LogP contribution in [0.2, 0.25) is 0 Å². The van der Waals surface area contributed by atoms with Crippen LogP contribution in [-0.4, -0.2) is 77.6 Å². The van der Waals surface area contributed by atoms with Crippen LogP contribution in [-0.2, 0) is 22.7 Å². The summed E-state index contributed by atoms with van der Waals surface area (Å²) in [6.45, 7) is 9.39. The molecule has 0 spiro atoms. The van der Waals surface area contributed by atoms with E-state index < -0.39 is 24.3 Å². The van der Waals surface area contributed by atoms with E-state index in [0.29, 0.717) is 30.5 Å². The van der Waals surface area contributed by atoms with Crippen LogP contribution in [0.5, 0.6) is 5.75 Å². The predicted molar refractivity (Wildman–Crippen MR) is 161 cm³/mol. The number of piperazine rings is 1. The number of rotatable bonds is 8. The molecule has 4 rings (SSSR count). The van der Waals surface area contributed by atoms with E-state index in [9.17, 15) is 31.1 Å². The molecular weight excluding hydrogens is 636 g/mol. The minimum absolute atomic E-state index is 0.103. The zero-order valence-electron chi connectivity index (χ0n) is 25.5. The number of carbonyl (C=O) groups excluding carboxylic acids is 1. The smallest absolute Gasteiger partial charge is 0.490 e.